The van der Waals surface area contributed by atoms with E-state index in [1.807, 2.05) is 50.2 Å². The molecule has 37 heavy (non-hydrogen) atoms. The molecule has 3 aromatic rings. The lowest BCUT2D eigenvalue weighted by atomic mass is 10.1. The molecule has 0 aromatic heterocycles. The van der Waals surface area contributed by atoms with Crippen LogP contribution in [0.5, 0.6) is 11.5 Å². The SMILES string of the molecule is CCN1C(=O)/C(=C\c2cc(Br)c(OCc3ccc(C)cc3)c(OC)c2)SC1=Nc1cccc(C(=O)O)c1. The van der Waals surface area contributed by atoms with Gasteiger partial charge in [-0.15, -0.1) is 0 Å². The van der Waals surface area contributed by atoms with Gasteiger partial charge in [-0.2, -0.15) is 0 Å². The third kappa shape index (κ3) is 6.23. The van der Waals surface area contributed by atoms with E-state index < -0.39 is 5.97 Å². The number of methoxy groups -OCH3 is 1. The van der Waals surface area contributed by atoms with Gasteiger partial charge in [0.05, 0.1) is 27.7 Å². The number of aliphatic imine (C=N–C) groups is 1. The number of carboxylic acids is 1. The Hall–Kier alpha value is -3.56. The fourth-order valence-corrected chi connectivity index (χ4v) is 5.28. The minimum Gasteiger partial charge on any atom is -0.493 e. The largest absolute Gasteiger partial charge is 0.493 e. The summed E-state index contributed by atoms with van der Waals surface area (Å²) in [5, 5.41) is 9.74. The smallest absolute Gasteiger partial charge is 0.335 e. The molecule has 0 unspecified atom stereocenters. The quantitative estimate of drug-likeness (QED) is 0.299. The average Bonchev–Trinajstić information content (AvgIpc) is 3.17. The van der Waals surface area contributed by atoms with Crippen molar-refractivity contribution in [2.24, 2.45) is 4.99 Å². The van der Waals surface area contributed by atoms with Crippen LogP contribution < -0.4 is 9.47 Å². The minimum atomic E-state index is -1.03. The Balaban J connectivity index is 1.59. The van der Waals surface area contributed by atoms with E-state index in [-0.39, 0.29) is 11.5 Å². The molecule has 3 aromatic carbocycles. The number of nitrogens with zero attached hydrogens (tertiary/aromatic N) is 2. The van der Waals surface area contributed by atoms with E-state index in [2.05, 4.69) is 20.9 Å². The van der Waals surface area contributed by atoms with E-state index in [9.17, 15) is 14.7 Å². The molecule has 0 atom stereocenters. The van der Waals surface area contributed by atoms with Gasteiger partial charge in [0.1, 0.15) is 6.61 Å². The predicted molar refractivity (Wildman–Crippen MR) is 150 cm³/mol. The highest BCUT2D eigenvalue weighted by atomic mass is 79.9. The molecule has 1 N–H and O–H groups in total. The molecule has 0 saturated carbocycles. The number of aromatic carboxylic acids is 1. The fourth-order valence-electron chi connectivity index (χ4n) is 3.64. The lowest BCUT2D eigenvalue weighted by Gasteiger charge is -2.14. The maximum atomic E-state index is 13.1. The summed E-state index contributed by atoms with van der Waals surface area (Å²) in [5.74, 6) is -0.0896. The summed E-state index contributed by atoms with van der Waals surface area (Å²) in [6.45, 7) is 4.72. The molecule has 1 heterocycles. The van der Waals surface area contributed by atoms with Crippen LogP contribution in [0.3, 0.4) is 0 Å². The number of hydrogen-bond acceptors (Lipinski definition) is 6. The lowest BCUT2D eigenvalue weighted by molar-refractivity contribution is -0.122. The fraction of sp³-hybridized carbons (Fsp3) is 0.179. The van der Waals surface area contributed by atoms with E-state index >= 15 is 0 Å². The first-order chi connectivity index (χ1) is 17.8. The van der Waals surface area contributed by atoms with E-state index in [0.29, 0.717) is 44.9 Å². The van der Waals surface area contributed by atoms with Crippen molar-refractivity contribution in [2.45, 2.75) is 20.5 Å². The van der Waals surface area contributed by atoms with Crippen LogP contribution in [-0.4, -0.2) is 40.7 Å². The van der Waals surface area contributed by atoms with Crippen LogP contribution in [-0.2, 0) is 11.4 Å². The summed E-state index contributed by atoms with van der Waals surface area (Å²) in [6, 6.07) is 18.1. The number of amidine groups is 1. The average molecular weight is 581 g/mol. The molecule has 0 aliphatic carbocycles. The summed E-state index contributed by atoms with van der Waals surface area (Å²) in [4.78, 5) is 31.0. The van der Waals surface area contributed by atoms with Crippen molar-refractivity contribution >= 4 is 56.5 Å². The van der Waals surface area contributed by atoms with Crippen LogP contribution in [0.2, 0.25) is 0 Å². The Morgan fingerprint density at radius 2 is 1.92 bits per heavy atom. The molecule has 0 radical (unpaired) electrons. The number of amides is 1. The lowest BCUT2D eigenvalue weighted by Crippen LogP contribution is -2.28. The summed E-state index contributed by atoms with van der Waals surface area (Å²) in [6.07, 6.45) is 1.78. The van der Waals surface area contributed by atoms with E-state index in [1.165, 1.54) is 29.5 Å². The highest BCUT2D eigenvalue weighted by Crippen LogP contribution is 2.40. The number of hydrogen-bond donors (Lipinski definition) is 1. The standard InChI is InChI=1S/C28H25BrN2O5S/c1-4-31-26(32)24(37-28(31)30-21-7-5-6-20(15-21)27(33)34)14-19-12-22(29)25(23(13-19)35-3)36-16-18-10-8-17(2)9-11-18/h5-15H,4,16H2,1-3H3,(H,33,34)/b24-14+,30-28?. The Kier molecular flexibility index (Phi) is 8.35. The number of likely N-dealkylation sites (N-methyl/N-ethyl adjacent to an activating group) is 1. The number of benzene rings is 3. The summed E-state index contributed by atoms with van der Waals surface area (Å²) in [7, 11) is 1.57. The van der Waals surface area contributed by atoms with Gasteiger partial charge in [-0.3, -0.25) is 9.69 Å². The van der Waals surface area contributed by atoms with Gasteiger partial charge >= 0.3 is 5.97 Å². The van der Waals surface area contributed by atoms with Crippen LogP contribution in [0.25, 0.3) is 6.08 Å². The van der Waals surface area contributed by atoms with Gasteiger partial charge < -0.3 is 14.6 Å². The predicted octanol–water partition coefficient (Wildman–Crippen LogP) is 6.67. The minimum absolute atomic E-state index is 0.136. The highest BCUT2D eigenvalue weighted by molar-refractivity contribution is 9.10. The Morgan fingerprint density at radius 3 is 2.59 bits per heavy atom. The summed E-state index contributed by atoms with van der Waals surface area (Å²) in [5.41, 5.74) is 3.58. The molecule has 9 heteroatoms. The van der Waals surface area contributed by atoms with E-state index in [4.69, 9.17) is 9.47 Å². The van der Waals surface area contributed by atoms with Gasteiger partial charge in [0.15, 0.2) is 16.7 Å². The van der Waals surface area contributed by atoms with Crippen molar-refractivity contribution in [3.8, 4) is 11.5 Å². The third-order valence-corrected chi connectivity index (χ3v) is 7.17. The second-order valence-electron chi connectivity index (χ2n) is 8.22. The molecule has 0 spiro atoms. The molecular formula is C28H25BrN2O5S. The van der Waals surface area contributed by atoms with Crippen molar-refractivity contribution in [1.29, 1.82) is 0 Å². The number of carbonyl (C=O) groups excluding carboxylic acids is 1. The normalized spacial score (nSPS) is 15.5. The van der Waals surface area contributed by atoms with E-state index in [0.717, 1.165) is 11.1 Å². The molecule has 1 aliphatic rings. The maximum absolute atomic E-state index is 13.1. The van der Waals surface area contributed by atoms with Gasteiger partial charge in [0, 0.05) is 6.54 Å². The van der Waals surface area contributed by atoms with Gasteiger partial charge in [-0.25, -0.2) is 9.79 Å². The maximum Gasteiger partial charge on any atom is 0.335 e. The molecule has 1 fully saturated rings. The van der Waals surface area contributed by atoms with Crippen molar-refractivity contribution < 1.29 is 24.2 Å². The van der Waals surface area contributed by atoms with Gasteiger partial charge in [-0.05, 0) is 89.1 Å². The molecule has 0 bridgehead atoms. The first kappa shape index (κ1) is 26.5. The topological polar surface area (TPSA) is 88.4 Å². The van der Waals surface area contributed by atoms with Crippen LogP contribution in [0.15, 0.2) is 75.0 Å². The van der Waals surface area contributed by atoms with Gasteiger partial charge in [0.25, 0.3) is 5.91 Å². The zero-order valence-corrected chi connectivity index (χ0v) is 22.9. The van der Waals surface area contributed by atoms with E-state index in [1.54, 1.807) is 30.2 Å². The van der Waals surface area contributed by atoms with Crippen molar-refractivity contribution in [1.82, 2.24) is 4.90 Å². The first-order valence-electron chi connectivity index (χ1n) is 11.5. The number of thioether (sulfide) groups is 1. The first-order valence-corrected chi connectivity index (χ1v) is 13.1. The second kappa shape index (κ2) is 11.7. The van der Waals surface area contributed by atoms with Crippen molar-refractivity contribution in [3.63, 3.8) is 0 Å². The second-order valence-corrected chi connectivity index (χ2v) is 10.1. The number of ether oxygens (including phenoxy) is 2. The van der Waals surface area contributed by atoms with Crippen LogP contribution in [0.1, 0.15) is 34.0 Å². The molecule has 1 aliphatic heterocycles. The number of aryl methyl sites for hydroxylation is 1. The molecule has 1 amide bonds. The molecule has 7 nitrogen and oxygen atoms in total. The molecule has 4 rings (SSSR count). The summed E-state index contributed by atoms with van der Waals surface area (Å²) < 4.78 is 12.3. The van der Waals surface area contributed by atoms with Crippen LogP contribution in [0.4, 0.5) is 5.69 Å². The van der Waals surface area contributed by atoms with Gasteiger partial charge in [0.2, 0.25) is 0 Å². The summed E-state index contributed by atoms with van der Waals surface area (Å²) >= 11 is 4.82. The Morgan fingerprint density at radius 1 is 1.16 bits per heavy atom. The van der Waals surface area contributed by atoms with Gasteiger partial charge in [-0.1, -0.05) is 35.9 Å². The zero-order chi connectivity index (χ0) is 26.5. The van der Waals surface area contributed by atoms with Crippen molar-refractivity contribution in [2.75, 3.05) is 13.7 Å². The molecule has 1 saturated heterocycles. The number of halogens is 1. The molecular weight excluding hydrogens is 556 g/mol. The van der Waals surface area contributed by atoms with Crippen LogP contribution >= 0.6 is 27.7 Å². The number of carboxylic acid groups (broad SMARTS) is 1. The third-order valence-electron chi connectivity index (χ3n) is 5.58. The number of carbonyl (C=O) groups is 2. The highest BCUT2D eigenvalue weighted by Gasteiger charge is 2.32. The monoisotopic (exact) mass is 580 g/mol. The van der Waals surface area contributed by atoms with Crippen molar-refractivity contribution in [3.05, 3.63) is 92.3 Å². The molecule has 190 valence electrons. The zero-order valence-electron chi connectivity index (χ0n) is 20.5. The number of rotatable bonds is 8. The van der Waals surface area contributed by atoms with Crippen LogP contribution in [0, 0.1) is 6.92 Å². The Labute approximate surface area is 227 Å². The Bertz CT molecular complexity index is 1400.